The third-order valence-corrected chi connectivity index (χ3v) is 6.18. The molecule has 0 radical (unpaired) electrons. The summed E-state index contributed by atoms with van der Waals surface area (Å²) in [5.41, 5.74) is 5.64. The van der Waals surface area contributed by atoms with Gasteiger partial charge in [-0.1, -0.05) is 30.3 Å². The molecule has 0 spiro atoms. The lowest BCUT2D eigenvalue weighted by Gasteiger charge is -2.16. The number of hydrogen-bond donors (Lipinski definition) is 2. The fourth-order valence-corrected chi connectivity index (χ4v) is 4.33. The van der Waals surface area contributed by atoms with E-state index >= 15 is 0 Å². The van der Waals surface area contributed by atoms with Crippen LogP contribution >= 0.6 is 0 Å². The van der Waals surface area contributed by atoms with Crippen molar-refractivity contribution < 1.29 is 18.7 Å². The maximum atomic E-state index is 13.9. The van der Waals surface area contributed by atoms with Crippen molar-refractivity contribution in [2.24, 2.45) is 0 Å². The van der Waals surface area contributed by atoms with E-state index in [1.807, 2.05) is 59.3 Å². The zero-order valence-electron chi connectivity index (χ0n) is 20.2. The number of rotatable bonds is 8. The van der Waals surface area contributed by atoms with Gasteiger partial charge in [0.1, 0.15) is 5.82 Å². The number of carbonyl (C=O) groups excluding carboxylic acids is 2. The highest BCUT2D eigenvalue weighted by atomic mass is 19.1. The molecule has 4 aromatic rings. The zero-order valence-corrected chi connectivity index (χ0v) is 20.2. The lowest BCUT2D eigenvalue weighted by Crippen LogP contribution is -2.10. The quantitative estimate of drug-likeness (QED) is 0.262. The summed E-state index contributed by atoms with van der Waals surface area (Å²) in [5, 5.41) is 6.20. The average molecular weight is 497 g/mol. The molecule has 1 aliphatic rings. The Kier molecular flexibility index (Phi) is 6.81. The van der Waals surface area contributed by atoms with Gasteiger partial charge in [-0.3, -0.25) is 9.59 Å². The maximum Gasteiger partial charge on any atom is 0.305 e. The molecule has 1 aliphatic heterocycles. The van der Waals surface area contributed by atoms with Crippen LogP contribution in [0.2, 0.25) is 0 Å². The van der Waals surface area contributed by atoms with Crippen molar-refractivity contribution in [1.29, 1.82) is 0 Å². The van der Waals surface area contributed by atoms with Crippen LogP contribution in [-0.2, 0) is 27.3 Å². The monoisotopic (exact) mass is 496 g/mol. The summed E-state index contributed by atoms with van der Waals surface area (Å²) in [6, 6.07) is 19.8. The number of benzene rings is 3. The van der Waals surface area contributed by atoms with E-state index in [2.05, 4.69) is 15.6 Å². The highest BCUT2D eigenvalue weighted by molar-refractivity contribution is 6.37. The van der Waals surface area contributed by atoms with Crippen molar-refractivity contribution >= 4 is 34.5 Å². The van der Waals surface area contributed by atoms with Crippen LogP contribution in [0.1, 0.15) is 28.7 Å². The Labute approximate surface area is 213 Å². The van der Waals surface area contributed by atoms with Gasteiger partial charge in [-0.15, -0.1) is 0 Å². The standard InChI is InChI=1S/C29H25FN4O3/c1-37-26(35)12-7-19-3-2-4-21(15-19)28(27-24-11-8-22(30)16-25(24)33-29(27)36)32-23-9-5-20(6-10-23)17-34-14-13-31-18-34/h2-6,8-11,13-16,18,32H,7,12,17H2,1H3,(H,33,36)/b28-27-. The van der Waals surface area contributed by atoms with Crippen molar-refractivity contribution in [2.75, 3.05) is 17.7 Å². The number of carbonyl (C=O) groups is 2. The lowest BCUT2D eigenvalue weighted by molar-refractivity contribution is -0.140. The average Bonchev–Trinajstić information content (AvgIpc) is 3.53. The van der Waals surface area contributed by atoms with Crippen molar-refractivity contribution in [2.45, 2.75) is 19.4 Å². The van der Waals surface area contributed by atoms with Gasteiger partial charge in [0.2, 0.25) is 0 Å². The number of fused-ring (bicyclic) bond motifs is 1. The van der Waals surface area contributed by atoms with Gasteiger partial charge in [-0.2, -0.15) is 0 Å². The largest absolute Gasteiger partial charge is 0.469 e. The van der Waals surface area contributed by atoms with Crippen LogP contribution in [0.4, 0.5) is 15.8 Å². The highest BCUT2D eigenvalue weighted by Gasteiger charge is 2.29. The van der Waals surface area contributed by atoms with Crippen LogP contribution in [0.15, 0.2) is 85.5 Å². The number of aromatic nitrogens is 2. The Balaban J connectivity index is 1.52. The summed E-state index contributed by atoms with van der Waals surface area (Å²) in [5.74, 6) is -1.03. The van der Waals surface area contributed by atoms with Gasteiger partial charge in [0.15, 0.2) is 0 Å². The number of hydrogen-bond acceptors (Lipinski definition) is 5. The minimum Gasteiger partial charge on any atom is -0.469 e. The maximum absolute atomic E-state index is 13.9. The molecule has 8 heteroatoms. The molecule has 0 unspecified atom stereocenters. The number of nitrogens with one attached hydrogen (secondary N) is 2. The van der Waals surface area contributed by atoms with Crippen molar-refractivity contribution in [3.8, 4) is 0 Å². The minimum absolute atomic E-state index is 0.250. The second-order valence-electron chi connectivity index (χ2n) is 8.73. The second-order valence-corrected chi connectivity index (χ2v) is 8.73. The van der Waals surface area contributed by atoms with Gasteiger partial charge < -0.3 is 19.9 Å². The van der Waals surface area contributed by atoms with Gasteiger partial charge in [0.05, 0.1) is 30.4 Å². The molecule has 5 rings (SSSR count). The van der Waals surface area contributed by atoms with E-state index in [9.17, 15) is 14.0 Å². The topological polar surface area (TPSA) is 85.2 Å². The summed E-state index contributed by atoms with van der Waals surface area (Å²) in [4.78, 5) is 28.9. The second kappa shape index (κ2) is 10.5. The zero-order chi connectivity index (χ0) is 25.8. The Morgan fingerprint density at radius 3 is 2.68 bits per heavy atom. The Morgan fingerprint density at radius 2 is 1.92 bits per heavy atom. The number of nitrogens with zero attached hydrogens (tertiary/aromatic N) is 2. The third-order valence-electron chi connectivity index (χ3n) is 6.18. The molecular weight excluding hydrogens is 471 g/mol. The van der Waals surface area contributed by atoms with Crippen LogP contribution in [0, 0.1) is 5.82 Å². The number of amides is 1. The van der Waals surface area contributed by atoms with Gasteiger partial charge in [0.25, 0.3) is 5.91 Å². The van der Waals surface area contributed by atoms with Crippen LogP contribution in [-0.4, -0.2) is 28.5 Å². The lowest BCUT2D eigenvalue weighted by atomic mass is 9.97. The van der Waals surface area contributed by atoms with Gasteiger partial charge in [-0.25, -0.2) is 9.37 Å². The highest BCUT2D eigenvalue weighted by Crippen LogP contribution is 2.38. The minimum atomic E-state index is -0.423. The fourth-order valence-electron chi connectivity index (χ4n) is 4.33. The molecule has 186 valence electrons. The van der Waals surface area contributed by atoms with Gasteiger partial charge in [0, 0.05) is 36.6 Å². The van der Waals surface area contributed by atoms with Crippen LogP contribution in [0.25, 0.3) is 11.3 Å². The van der Waals surface area contributed by atoms with Crippen molar-refractivity contribution in [3.63, 3.8) is 0 Å². The summed E-state index contributed by atoms with van der Waals surface area (Å²) in [7, 11) is 1.37. The molecule has 7 nitrogen and oxygen atoms in total. The third kappa shape index (κ3) is 5.43. The van der Waals surface area contributed by atoms with E-state index in [1.54, 1.807) is 18.6 Å². The number of halogens is 1. The molecule has 3 aromatic carbocycles. The number of aryl methyl sites for hydroxylation is 1. The van der Waals surface area contributed by atoms with Gasteiger partial charge >= 0.3 is 5.97 Å². The fraction of sp³-hybridized carbons (Fsp3) is 0.138. The number of imidazole rings is 1. The molecule has 2 N–H and O–H groups in total. The number of esters is 1. The molecule has 1 aromatic heterocycles. The molecule has 0 fully saturated rings. The summed E-state index contributed by atoms with van der Waals surface area (Å²) in [6.45, 7) is 0.692. The van der Waals surface area contributed by atoms with E-state index in [-0.39, 0.29) is 18.3 Å². The molecular formula is C29H25FN4O3. The van der Waals surface area contributed by atoms with Crippen LogP contribution in [0.5, 0.6) is 0 Å². The van der Waals surface area contributed by atoms with E-state index in [0.717, 1.165) is 22.4 Å². The molecule has 0 saturated carbocycles. The first-order valence-electron chi connectivity index (χ1n) is 11.8. The smallest absolute Gasteiger partial charge is 0.305 e. The van der Waals surface area contributed by atoms with E-state index < -0.39 is 5.82 Å². The molecule has 0 atom stereocenters. The molecule has 37 heavy (non-hydrogen) atoms. The van der Waals surface area contributed by atoms with Crippen LogP contribution in [0.3, 0.4) is 0 Å². The summed E-state index contributed by atoms with van der Waals surface area (Å²) >= 11 is 0. The molecule has 2 heterocycles. The number of anilines is 2. The van der Waals surface area contributed by atoms with E-state index in [4.69, 9.17) is 4.74 Å². The summed E-state index contributed by atoms with van der Waals surface area (Å²) in [6.07, 6.45) is 6.16. The van der Waals surface area contributed by atoms with E-state index in [1.165, 1.54) is 19.2 Å². The number of ether oxygens (including phenoxy) is 1. The van der Waals surface area contributed by atoms with Crippen molar-refractivity contribution in [3.05, 3.63) is 114 Å². The van der Waals surface area contributed by atoms with Crippen molar-refractivity contribution in [1.82, 2.24) is 9.55 Å². The van der Waals surface area contributed by atoms with Crippen LogP contribution < -0.4 is 10.6 Å². The molecule has 1 amide bonds. The molecule has 0 bridgehead atoms. The normalized spacial score (nSPS) is 13.6. The first-order chi connectivity index (χ1) is 18.0. The Morgan fingerprint density at radius 1 is 1.08 bits per heavy atom. The predicted octanol–water partition coefficient (Wildman–Crippen LogP) is 5.11. The number of methoxy groups -OCH3 is 1. The Hall–Kier alpha value is -4.72. The SMILES string of the molecule is COC(=O)CCc1cccc(/C(Nc2ccc(Cn3ccnc3)cc2)=C2/C(=O)Nc3cc(F)ccc32)c1. The summed E-state index contributed by atoms with van der Waals surface area (Å²) < 4.78 is 20.6. The molecule has 0 saturated heterocycles. The Bertz CT molecular complexity index is 1480. The molecule has 0 aliphatic carbocycles. The van der Waals surface area contributed by atoms with E-state index in [0.29, 0.717) is 35.5 Å². The van der Waals surface area contributed by atoms with Gasteiger partial charge in [-0.05, 0) is 59.5 Å². The first-order valence-corrected chi connectivity index (χ1v) is 11.8. The predicted molar refractivity (Wildman–Crippen MR) is 140 cm³/mol. The first kappa shape index (κ1) is 24.0.